The van der Waals surface area contributed by atoms with E-state index in [9.17, 15) is 18.7 Å². The van der Waals surface area contributed by atoms with Gasteiger partial charge in [-0.1, -0.05) is 6.07 Å². The van der Waals surface area contributed by atoms with E-state index in [0.717, 1.165) is 12.1 Å². The van der Waals surface area contributed by atoms with Crippen molar-refractivity contribution in [3.8, 4) is 0 Å². The van der Waals surface area contributed by atoms with Crippen molar-refractivity contribution in [2.24, 2.45) is 0 Å². The Kier molecular flexibility index (Phi) is 4.78. The molecule has 1 rings (SSSR count). The van der Waals surface area contributed by atoms with Crippen LogP contribution in [-0.4, -0.2) is 17.7 Å². The molecular formula is C13H16F2O3. The van der Waals surface area contributed by atoms with Crippen LogP contribution in [0.2, 0.25) is 0 Å². The smallest absolute Gasteiger partial charge is 0.305 e. The molecule has 0 fully saturated rings. The molecule has 0 heterocycles. The Labute approximate surface area is 104 Å². The molecule has 5 heteroatoms. The van der Waals surface area contributed by atoms with Crippen molar-refractivity contribution in [3.05, 3.63) is 35.4 Å². The van der Waals surface area contributed by atoms with Gasteiger partial charge in [0.2, 0.25) is 0 Å². The van der Waals surface area contributed by atoms with Gasteiger partial charge in [-0.15, -0.1) is 0 Å². The van der Waals surface area contributed by atoms with Gasteiger partial charge in [0.05, 0.1) is 12.2 Å². The molecule has 100 valence electrons. The van der Waals surface area contributed by atoms with Crippen molar-refractivity contribution in [1.29, 1.82) is 0 Å². The quantitative estimate of drug-likeness (QED) is 0.825. The maximum atomic E-state index is 13.1. The van der Waals surface area contributed by atoms with Crippen LogP contribution in [0.1, 0.15) is 32.3 Å². The highest BCUT2D eigenvalue weighted by Gasteiger charge is 2.25. The van der Waals surface area contributed by atoms with Gasteiger partial charge in [0.25, 0.3) is 0 Å². The predicted octanol–water partition coefficient (Wildman–Crippen LogP) is 2.52. The summed E-state index contributed by atoms with van der Waals surface area (Å²) in [5.74, 6) is -2.43. The first-order valence-corrected chi connectivity index (χ1v) is 5.70. The first kappa shape index (κ1) is 14.6. The maximum Gasteiger partial charge on any atom is 0.305 e. The largest absolute Gasteiger partial charge is 0.466 e. The number of carbonyl (C=O) groups excluding carboxylic acids is 1. The van der Waals surface area contributed by atoms with E-state index in [1.54, 1.807) is 6.92 Å². The summed E-state index contributed by atoms with van der Waals surface area (Å²) in [6.45, 7) is 3.40. The minimum Gasteiger partial charge on any atom is -0.466 e. The molecule has 1 N–H and O–H groups in total. The molecule has 0 spiro atoms. The topological polar surface area (TPSA) is 46.5 Å². The molecule has 0 aliphatic rings. The number of ether oxygens (including phenoxy) is 1. The van der Waals surface area contributed by atoms with Gasteiger partial charge in [-0.25, -0.2) is 8.78 Å². The Morgan fingerprint density at radius 1 is 1.39 bits per heavy atom. The summed E-state index contributed by atoms with van der Waals surface area (Å²) >= 11 is 0. The van der Waals surface area contributed by atoms with Gasteiger partial charge < -0.3 is 9.84 Å². The minimum atomic E-state index is -1.40. The second-order valence-corrected chi connectivity index (χ2v) is 4.21. The molecule has 18 heavy (non-hydrogen) atoms. The second kappa shape index (κ2) is 5.91. The third-order valence-corrected chi connectivity index (χ3v) is 2.66. The van der Waals surface area contributed by atoms with Gasteiger partial charge in [-0.2, -0.15) is 0 Å². The monoisotopic (exact) mass is 258 g/mol. The molecule has 0 amide bonds. The zero-order valence-corrected chi connectivity index (χ0v) is 10.4. The highest BCUT2D eigenvalue weighted by Crippen LogP contribution is 2.27. The van der Waals surface area contributed by atoms with E-state index in [4.69, 9.17) is 4.74 Å². The number of hydrogen-bond donors (Lipinski definition) is 1. The Balaban J connectivity index is 2.73. The molecule has 0 radical (unpaired) electrons. The van der Waals surface area contributed by atoms with E-state index < -0.39 is 23.2 Å². The number of halogens is 2. The van der Waals surface area contributed by atoms with Crippen molar-refractivity contribution >= 4 is 5.97 Å². The zero-order chi connectivity index (χ0) is 13.8. The summed E-state index contributed by atoms with van der Waals surface area (Å²) in [4.78, 5) is 11.2. The Morgan fingerprint density at radius 2 is 2.06 bits per heavy atom. The lowest BCUT2D eigenvalue weighted by Gasteiger charge is -2.23. The highest BCUT2D eigenvalue weighted by atomic mass is 19.2. The third kappa shape index (κ3) is 3.77. The van der Waals surface area contributed by atoms with Crippen molar-refractivity contribution in [1.82, 2.24) is 0 Å². The van der Waals surface area contributed by atoms with Crippen LogP contribution in [0.25, 0.3) is 0 Å². The fourth-order valence-electron chi connectivity index (χ4n) is 1.55. The van der Waals surface area contributed by atoms with Crippen molar-refractivity contribution < 1.29 is 23.4 Å². The van der Waals surface area contributed by atoms with Crippen LogP contribution in [0.4, 0.5) is 8.78 Å². The van der Waals surface area contributed by atoms with Crippen LogP contribution in [0.15, 0.2) is 18.2 Å². The molecule has 1 atom stereocenters. The van der Waals surface area contributed by atoms with Gasteiger partial charge >= 0.3 is 5.97 Å². The van der Waals surface area contributed by atoms with Gasteiger partial charge in [0, 0.05) is 6.42 Å². The minimum absolute atomic E-state index is 0.0137. The summed E-state index contributed by atoms with van der Waals surface area (Å²) < 4.78 is 30.6. The van der Waals surface area contributed by atoms with Crippen LogP contribution >= 0.6 is 0 Å². The number of esters is 1. The van der Waals surface area contributed by atoms with Crippen molar-refractivity contribution in [2.75, 3.05) is 6.61 Å². The fraction of sp³-hybridized carbons (Fsp3) is 0.462. The molecular weight excluding hydrogens is 242 g/mol. The predicted molar refractivity (Wildman–Crippen MR) is 61.8 cm³/mol. The number of rotatable bonds is 5. The number of carbonyl (C=O) groups is 1. The molecule has 1 aromatic carbocycles. The summed E-state index contributed by atoms with van der Waals surface area (Å²) in [5.41, 5.74) is -1.17. The Bertz CT molecular complexity index is 430. The highest BCUT2D eigenvalue weighted by molar-refractivity contribution is 5.69. The summed E-state index contributed by atoms with van der Waals surface area (Å²) in [6, 6.07) is 3.17. The van der Waals surface area contributed by atoms with Crippen LogP contribution < -0.4 is 0 Å². The van der Waals surface area contributed by atoms with Crippen LogP contribution in [0.3, 0.4) is 0 Å². The normalized spacial score (nSPS) is 14.1. The number of hydrogen-bond acceptors (Lipinski definition) is 3. The fourth-order valence-corrected chi connectivity index (χ4v) is 1.55. The third-order valence-electron chi connectivity index (χ3n) is 2.66. The van der Waals surface area contributed by atoms with E-state index >= 15 is 0 Å². The zero-order valence-electron chi connectivity index (χ0n) is 10.4. The van der Waals surface area contributed by atoms with Crippen LogP contribution in [0, 0.1) is 11.6 Å². The molecule has 0 saturated carbocycles. The Morgan fingerprint density at radius 3 is 2.61 bits per heavy atom. The van der Waals surface area contributed by atoms with Crippen molar-refractivity contribution in [2.45, 2.75) is 32.3 Å². The summed E-state index contributed by atoms with van der Waals surface area (Å²) in [5, 5.41) is 10.1. The lowest BCUT2D eigenvalue weighted by molar-refractivity contribution is -0.144. The first-order valence-electron chi connectivity index (χ1n) is 5.70. The molecule has 0 aliphatic heterocycles. The molecule has 0 aromatic heterocycles. The van der Waals surface area contributed by atoms with E-state index in [1.165, 1.54) is 13.0 Å². The second-order valence-electron chi connectivity index (χ2n) is 4.21. The summed E-state index contributed by atoms with van der Waals surface area (Å²) in [6.07, 6.45) is 0.0940. The molecule has 0 bridgehead atoms. The molecule has 0 saturated heterocycles. The first-order chi connectivity index (χ1) is 8.36. The van der Waals surface area contributed by atoms with E-state index in [2.05, 4.69) is 0 Å². The molecule has 1 unspecified atom stereocenters. The molecule has 1 aromatic rings. The van der Waals surface area contributed by atoms with Crippen LogP contribution in [0.5, 0.6) is 0 Å². The standard InChI is InChI=1S/C13H16F2O3/c1-3-18-12(16)6-7-13(2,17)9-4-5-10(14)11(15)8-9/h4-5,8,17H,3,6-7H2,1-2H3. The van der Waals surface area contributed by atoms with E-state index in [0.29, 0.717) is 0 Å². The van der Waals surface area contributed by atoms with Gasteiger partial charge in [0.15, 0.2) is 11.6 Å². The van der Waals surface area contributed by atoms with E-state index in [-0.39, 0.29) is 25.0 Å². The average molecular weight is 258 g/mol. The SMILES string of the molecule is CCOC(=O)CCC(C)(O)c1ccc(F)c(F)c1. The number of aliphatic hydroxyl groups is 1. The molecule has 3 nitrogen and oxygen atoms in total. The van der Waals surface area contributed by atoms with E-state index in [1.807, 2.05) is 0 Å². The lowest BCUT2D eigenvalue weighted by atomic mass is 9.91. The average Bonchev–Trinajstić information content (AvgIpc) is 2.30. The van der Waals surface area contributed by atoms with Gasteiger partial charge in [0.1, 0.15) is 0 Å². The summed E-state index contributed by atoms with van der Waals surface area (Å²) in [7, 11) is 0. The van der Waals surface area contributed by atoms with Gasteiger partial charge in [-0.3, -0.25) is 4.79 Å². The maximum absolute atomic E-state index is 13.1. The lowest BCUT2D eigenvalue weighted by Crippen LogP contribution is -2.23. The molecule has 0 aliphatic carbocycles. The van der Waals surface area contributed by atoms with Gasteiger partial charge in [-0.05, 0) is 38.0 Å². The van der Waals surface area contributed by atoms with Crippen LogP contribution in [-0.2, 0) is 15.1 Å². The van der Waals surface area contributed by atoms with Crippen molar-refractivity contribution in [3.63, 3.8) is 0 Å². The Hall–Kier alpha value is -1.49. The number of benzene rings is 1.